The largest absolute Gasteiger partial charge is 0.497 e. The van der Waals surface area contributed by atoms with Gasteiger partial charge < -0.3 is 29.9 Å². The summed E-state index contributed by atoms with van der Waals surface area (Å²) in [6.07, 6.45) is -4.80. The summed E-state index contributed by atoms with van der Waals surface area (Å²) < 4.78 is 10.5. The van der Waals surface area contributed by atoms with E-state index in [1.165, 1.54) is 11.8 Å². The SMILES string of the molecule is COc1ccc(SC2OC(CO)C(O)C(O)C2O)cc1. The molecule has 7 heteroatoms. The Balaban J connectivity index is 2.06. The number of aliphatic hydroxyl groups is 4. The normalized spacial score (nSPS) is 34.0. The van der Waals surface area contributed by atoms with Crippen LogP contribution in [0.2, 0.25) is 0 Å². The van der Waals surface area contributed by atoms with Crippen LogP contribution in [0.4, 0.5) is 0 Å². The van der Waals surface area contributed by atoms with Crippen LogP contribution in [0.15, 0.2) is 29.2 Å². The van der Waals surface area contributed by atoms with Crippen molar-refractivity contribution in [3.05, 3.63) is 24.3 Å². The van der Waals surface area contributed by atoms with Gasteiger partial charge in [0.15, 0.2) is 0 Å². The topological polar surface area (TPSA) is 99.4 Å². The molecule has 0 spiro atoms. The van der Waals surface area contributed by atoms with Gasteiger partial charge in [-0.3, -0.25) is 0 Å². The molecule has 1 aromatic rings. The van der Waals surface area contributed by atoms with Crippen LogP contribution < -0.4 is 4.74 Å². The lowest BCUT2D eigenvalue weighted by molar-refractivity contribution is -0.205. The summed E-state index contributed by atoms with van der Waals surface area (Å²) in [7, 11) is 1.57. The van der Waals surface area contributed by atoms with E-state index in [2.05, 4.69) is 0 Å². The summed E-state index contributed by atoms with van der Waals surface area (Å²) in [5.74, 6) is 0.711. The lowest BCUT2D eigenvalue weighted by Gasteiger charge is -2.39. The Morgan fingerprint density at radius 3 is 2.30 bits per heavy atom. The molecule has 112 valence electrons. The van der Waals surface area contributed by atoms with Gasteiger partial charge in [0.05, 0.1) is 13.7 Å². The van der Waals surface area contributed by atoms with E-state index in [0.29, 0.717) is 5.75 Å². The highest BCUT2D eigenvalue weighted by Crippen LogP contribution is 2.33. The van der Waals surface area contributed by atoms with E-state index in [-0.39, 0.29) is 0 Å². The van der Waals surface area contributed by atoms with Crippen molar-refractivity contribution >= 4 is 11.8 Å². The van der Waals surface area contributed by atoms with Gasteiger partial charge in [-0.1, -0.05) is 11.8 Å². The molecule has 5 atom stereocenters. The van der Waals surface area contributed by atoms with E-state index < -0.39 is 36.5 Å². The van der Waals surface area contributed by atoms with Gasteiger partial charge in [-0.05, 0) is 24.3 Å². The van der Waals surface area contributed by atoms with Crippen molar-refractivity contribution in [3.63, 3.8) is 0 Å². The first-order valence-electron chi connectivity index (χ1n) is 6.18. The van der Waals surface area contributed by atoms with Gasteiger partial charge >= 0.3 is 0 Å². The number of rotatable bonds is 4. The van der Waals surface area contributed by atoms with Crippen molar-refractivity contribution in [2.24, 2.45) is 0 Å². The Hall–Kier alpha value is -0.830. The monoisotopic (exact) mass is 302 g/mol. The number of aliphatic hydroxyl groups excluding tert-OH is 4. The van der Waals surface area contributed by atoms with Crippen LogP contribution >= 0.6 is 11.8 Å². The predicted molar refractivity (Wildman–Crippen MR) is 72.6 cm³/mol. The van der Waals surface area contributed by atoms with Crippen molar-refractivity contribution in [2.75, 3.05) is 13.7 Å². The van der Waals surface area contributed by atoms with Crippen LogP contribution in [-0.4, -0.2) is 64.0 Å². The van der Waals surface area contributed by atoms with E-state index in [0.717, 1.165) is 4.90 Å². The van der Waals surface area contributed by atoms with Crippen molar-refractivity contribution in [2.45, 2.75) is 34.7 Å². The zero-order chi connectivity index (χ0) is 14.7. The molecule has 0 aliphatic carbocycles. The molecule has 0 radical (unpaired) electrons. The Morgan fingerprint density at radius 2 is 1.75 bits per heavy atom. The third-order valence-corrected chi connectivity index (χ3v) is 4.33. The van der Waals surface area contributed by atoms with Gasteiger partial charge in [-0.2, -0.15) is 0 Å². The fraction of sp³-hybridized carbons (Fsp3) is 0.538. The summed E-state index contributed by atoms with van der Waals surface area (Å²) in [6, 6.07) is 7.13. The number of hydrogen-bond acceptors (Lipinski definition) is 7. The van der Waals surface area contributed by atoms with Crippen molar-refractivity contribution in [1.82, 2.24) is 0 Å². The molecule has 1 heterocycles. The molecule has 1 aliphatic rings. The lowest BCUT2D eigenvalue weighted by Crippen LogP contribution is -2.57. The summed E-state index contributed by atoms with van der Waals surface area (Å²) in [4.78, 5) is 0.815. The van der Waals surface area contributed by atoms with E-state index in [9.17, 15) is 15.3 Å². The molecule has 0 bridgehead atoms. The molecule has 4 N–H and O–H groups in total. The van der Waals surface area contributed by atoms with Crippen LogP contribution in [0.5, 0.6) is 5.75 Å². The number of methoxy groups -OCH3 is 1. The number of thioether (sulfide) groups is 1. The highest BCUT2D eigenvalue weighted by Gasteiger charge is 2.43. The molecule has 1 fully saturated rings. The van der Waals surface area contributed by atoms with E-state index in [1.807, 2.05) is 0 Å². The molecule has 0 amide bonds. The predicted octanol–water partition coefficient (Wildman–Crippen LogP) is -0.413. The molecule has 0 saturated carbocycles. The first kappa shape index (κ1) is 15.6. The molecule has 0 aromatic heterocycles. The lowest BCUT2D eigenvalue weighted by atomic mass is 10.0. The molecule has 20 heavy (non-hydrogen) atoms. The highest BCUT2D eigenvalue weighted by molar-refractivity contribution is 7.99. The first-order chi connectivity index (χ1) is 9.56. The Morgan fingerprint density at radius 1 is 1.10 bits per heavy atom. The molecule has 1 saturated heterocycles. The van der Waals surface area contributed by atoms with Crippen LogP contribution in [0.3, 0.4) is 0 Å². The average Bonchev–Trinajstić information content (AvgIpc) is 2.48. The van der Waals surface area contributed by atoms with Crippen LogP contribution in [0, 0.1) is 0 Å². The third kappa shape index (κ3) is 3.25. The van der Waals surface area contributed by atoms with Gasteiger partial charge in [-0.25, -0.2) is 0 Å². The molecule has 6 nitrogen and oxygen atoms in total. The Bertz CT molecular complexity index is 423. The summed E-state index contributed by atoms with van der Waals surface area (Å²) in [6.45, 7) is -0.426. The molecule has 1 aliphatic heterocycles. The van der Waals surface area contributed by atoms with E-state index in [1.54, 1.807) is 31.4 Å². The maximum absolute atomic E-state index is 9.92. The van der Waals surface area contributed by atoms with E-state index in [4.69, 9.17) is 14.6 Å². The average molecular weight is 302 g/mol. The minimum atomic E-state index is -1.35. The third-order valence-electron chi connectivity index (χ3n) is 3.16. The zero-order valence-corrected chi connectivity index (χ0v) is 11.7. The van der Waals surface area contributed by atoms with Gasteiger partial charge in [0.25, 0.3) is 0 Å². The van der Waals surface area contributed by atoms with Crippen molar-refractivity contribution < 1.29 is 29.9 Å². The quantitative estimate of drug-likeness (QED) is 0.600. The highest BCUT2D eigenvalue weighted by atomic mass is 32.2. The summed E-state index contributed by atoms with van der Waals surface area (Å²) >= 11 is 1.21. The minimum absolute atomic E-state index is 0.426. The minimum Gasteiger partial charge on any atom is -0.497 e. The van der Waals surface area contributed by atoms with Crippen LogP contribution in [-0.2, 0) is 4.74 Å². The molecular formula is C13H18O6S. The molecule has 2 rings (SSSR count). The molecular weight excluding hydrogens is 284 g/mol. The second-order valence-electron chi connectivity index (χ2n) is 4.49. The fourth-order valence-electron chi connectivity index (χ4n) is 1.95. The number of hydrogen-bond donors (Lipinski definition) is 4. The summed E-state index contributed by atoms with van der Waals surface area (Å²) in [5, 5.41) is 38.4. The van der Waals surface area contributed by atoms with Crippen molar-refractivity contribution in [1.29, 1.82) is 0 Å². The van der Waals surface area contributed by atoms with Crippen molar-refractivity contribution in [3.8, 4) is 5.75 Å². The van der Waals surface area contributed by atoms with Gasteiger partial charge in [-0.15, -0.1) is 0 Å². The standard InChI is InChI=1S/C13H18O6S/c1-18-7-2-4-8(5-3-7)20-13-12(17)11(16)10(15)9(6-14)19-13/h2-5,9-17H,6H2,1H3. The first-order valence-corrected chi connectivity index (χ1v) is 7.06. The maximum Gasteiger partial charge on any atom is 0.136 e. The Labute approximate surface area is 121 Å². The summed E-state index contributed by atoms with van der Waals surface area (Å²) in [5.41, 5.74) is -0.765. The fourth-order valence-corrected chi connectivity index (χ4v) is 3.01. The zero-order valence-electron chi connectivity index (χ0n) is 10.9. The number of ether oxygens (including phenoxy) is 2. The number of benzene rings is 1. The van der Waals surface area contributed by atoms with Crippen LogP contribution in [0.25, 0.3) is 0 Å². The second-order valence-corrected chi connectivity index (χ2v) is 5.66. The Kier molecular flexibility index (Phi) is 5.25. The van der Waals surface area contributed by atoms with Crippen LogP contribution in [0.1, 0.15) is 0 Å². The molecule has 1 aromatic carbocycles. The second kappa shape index (κ2) is 6.75. The van der Waals surface area contributed by atoms with Gasteiger partial charge in [0.2, 0.25) is 0 Å². The molecule has 5 unspecified atom stereocenters. The van der Waals surface area contributed by atoms with Gasteiger partial charge in [0.1, 0.15) is 35.6 Å². The maximum atomic E-state index is 9.92. The smallest absolute Gasteiger partial charge is 0.136 e. The van der Waals surface area contributed by atoms with E-state index >= 15 is 0 Å². The van der Waals surface area contributed by atoms with Gasteiger partial charge in [0, 0.05) is 4.90 Å².